The molecule has 0 aromatic heterocycles. The second-order valence-electron chi connectivity index (χ2n) is 8.52. The van der Waals surface area contributed by atoms with Crippen LogP contribution in [0.4, 0.5) is 0 Å². The van der Waals surface area contributed by atoms with Crippen molar-refractivity contribution in [2.24, 2.45) is 5.10 Å². The van der Waals surface area contributed by atoms with Gasteiger partial charge in [-0.05, 0) is 34.9 Å². The van der Waals surface area contributed by atoms with E-state index in [0.29, 0.717) is 24.7 Å². The first kappa shape index (κ1) is 24.4. The molecule has 0 unspecified atom stereocenters. The molecular weight excluding hydrogens is 440 g/mol. The van der Waals surface area contributed by atoms with Gasteiger partial charge in [0.15, 0.2) is 11.5 Å². The lowest BCUT2D eigenvalue weighted by Crippen LogP contribution is -2.48. The number of nitrogens with zero attached hydrogens (tertiary/aromatic N) is 3. The Hall–Kier alpha value is -3.68. The van der Waals surface area contributed by atoms with Gasteiger partial charge in [0.1, 0.15) is 6.61 Å². The first-order valence-corrected chi connectivity index (χ1v) is 11.8. The highest BCUT2D eigenvalue weighted by molar-refractivity contribution is 5.83. The van der Waals surface area contributed by atoms with Crippen molar-refractivity contribution in [1.82, 2.24) is 15.2 Å². The number of nitrogens with one attached hydrogen (secondary N) is 1. The zero-order valence-electron chi connectivity index (χ0n) is 20.1. The Labute approximate surface area is 207 Å². The van der Waals surface area contributed by atoms with Crippen LogP contribution in [0.25, 0.3) is 0 Å². The number of methoxy groups -OCH3 is 1. The van der Waals surface area contributed by atoms with E-state index in [1.165, 1.54) is 5.56 Å². The van der Waals surface area contributed by atoms with E-state index in [4.69, 9.17) is 9.47 Å². The number of carbonyl (C=O) groups excluding carboxylic acids is 1. The van der Waals surface area contributed by atoms with Crippen molar-refractivity contribution in [2.75, 3.05) is 39.8 Å². The summed E-state index contributed by atoms with van der Waals surface area (Å²) in [5, 5.41) is 4.12. The fourth-order valence-corrected chi connectivity index (χ4v) is 3.98. The van der Waals surface area contributed by atoms with Crippen molar-refractivity contribution in [1.29, 1.82) is 0 Å². The molecule has 1 saturated heterocycles. The molecule has 35 heavy (non-hydrogen) atoms. The number of ether oxygens (including phenoxy) is 2. The predicted molar refractivity (Wildman–Crippen MR) is 138 cm³/mol. The molecule has 0 spiro atoms. The van der Waals surface area contributed by atoms with Crippen molar-refractivity contribution in [3.63, 3.8) is 0 Å². The minimum absolute atomic E-state index is 0.118. The monoisotopic (exact) mass is 472 g/mol. The summed E-state index contributed by atoms with van der Waals surface area (Å²) in [7, 11) is 1.60. The average molecular weight is 473 g/mol. The molecule has 182 valence electrons. The van der Waals surface area contributed by atoms with Crippen LogP contribution in [0.3, 0.4) is 0 Å². The van der Waals surface area contributed by atoms with Crippen LogP contribution >= 0.6 is 0 Å². The molecule has 0 radical (unpaired) electrons. The molecule has 1 aliphatic rings. The average Bonchev–Trinajstić information content (AvgIpc) is 2.90. The highest BCUT2D eigenvalue weighted by Gasteiger charge is 2.18. The minimum atomic E-state index is -0.118. The molecule has 7 nitrogen and oxygen atoms in total. The van der Waals surface area contributed by atoms with E-state index in [1.807, 2.05) is 54.6 Å². The molecule has 7 heteroatoms. The number of hydrazone groups is 1. The van der Waals surface area contributed by atoms with Crippen molar-refractivity contribution in [2.45, 2.75) is 13.2 Å². The highest BCUT2D eigenvalue weighted by atomic mass is 16.5. The number of piperazine rings is 1. The Balaban J connectivity index is 1.20. The van der Waals surface area contributed by atoms with Crippen molar-refractivity contribution >= 4 is 12.1 Å². The molecule has 1 heterocycles. The van der Waals surface area contributed by atoms with Gasteiger partial charge in [-0.2, -0.15) is 5.10 Å². The molecule has 3 aromatic rings. The largest absolute Gasteiger partial charge is 0.493 e. The first-order chi connectivity index (χ1) is 17.2. The fourth-order valence-electron chi connectivity index (χ4n) is 3.98. The second-order valence-corrected chi connectivity index (χ2v) is 8.52. The number of hydrogen-bond donors (Lipinski definition) is 1. The molecule has 1 N–H and O–H groups in total. The van der Waals surface area contributed by atoms with Crippen LogP contribution in [0.2, 0.25) is 0 Å². The Morgan fingerprint density at radius 3 is 2.23 bits per heavy atom. The standard InChI is InChI=1S/C28H32N4O3/c1-34-27-18-25(12-13-26(27)35-22-24-10-6-3-7-11-24)19-29-30-28(33)21-32-16-14-31(15-17-32)20-23-8-4-2-5-9-23/h2-13,18-19H,14-17,20-22H2,1H3,(H,30,33)/b29-19+. The molecule has 0 aliphatic carbocycles. The number of rotatable bonds is 10. The molecule has 3 aromatic carbocycles. The van der Waals surface area contributed by atoms with Crippen LogP contribution in [-0.4, -0.2) is 61.8 Å². The summed E-state index contributed by atoms with van der Waals surface area (Å²) in [6, 6.07) is 26.0. The lowest BCUT2D eigenvalue weighted by molar-refractivity contribution is -0.122. The molecule has 1 amide bonds. The number of benzene rings is 3. The second kappa shape index (κ2) is 12.7. The van der Waals surface area contributed by atoms with Gasteiger partial charge >= 0.3 is 0 Å². The van der Waals surface area contributed by atoms with E-state index in [9.17, 15) is 4.79 Å². The van der Waals surface area contributed by atoms with Gasteiger partial charge in [0.2, 0.25) is 0 Å². The van der Waals surface area contributed by atoms with Crippen LogP contribution in [-0.2, 0) is 17.9 Å². The molecule has 1 fully saturated rings. The minimum Gasteiger partial charge on any atom is -0.493 e. The van der Waals surface area contributed by atoms with Crippen LogP contribution in [0.15, 0.2) is 84.0 Å². The molecule has 4 rings (SSSR count). The van der Waals surface area contributed by atoms with Gasteiger partial charge < -0.3 is 9.47 Å². The van der Waals surface area contributed by atoms with E-state index in [-0.39, 0.29) is 5.91 Å². The van der Waals surface area contributed by atoms with Crippen molar-refractivity contribution in [3.8, 4) is 11.5 Å². The Morgan fingerprint density at radius 2 is 1.54 bits per heavy atom. The molecule has 0 saturated carbocycles. The van der Waals surface area contributed by atoms with Gasteiger partial charge in [-0.25, -0.2) is 5.43 Å². The third-order valence-corrected chi connectivity index (χ3v) is 5.91. The summed E-state index contributed by atoms with van der Waals surface area (Å²) in [4.78, 5) is 16.9. The van der Waals surface area contributed by atoms with Crippen LogP contribution < -0.4 is 14.9 Å². The summed E-state index contributed by atoms with van der Waals surface area (Å²) in [6.07, 6.45) is 1.61. The lowest BCUT2D eigenvalue weighted by atomic mass is 10.2. The smallest absolute Gasteiger partial charge is 0.254 e. The van der Waals surface area contributed by atoms with Gasteiger partial charge in [-0.1, -0.05) is 60.7 Å². The summed E-state index contributed by atoms with van der Waals surface area (Å²) >= 11 is 0. The SMILES string of the molecule is COc1cc(/C=N/NC(=O)CN2CCN(Cc3ccccc3)CC2)ccc1OCc1ccccc1. The van der Waals surface area contributed by atoms with Gasteiger partial charge in [-0.15, -0.1) is 0 Å². The quantitative estimate of drug-likeness (QED) is 0.361. The van der Waals surface area contributed by atoms with Gasteiger partial charge in [-0.3, -0.25) is 14.6 Å². The lowest BCUT2D eigenvalue weighted by Gasteiger charge is -2.34. The van der Waals surface area contributed by atoms with Gasteiger partial charge in [0.05, 0.1) is 19.9 Å². The molecule has 0 atom stereocenters. The molecule has 0 bridgehead atoms. The zero-order chi connectivity index (χ0) is 24.3. The zero-order valence-corrected chi connectivity index (χ0v) is 20.1. The van der Waals surface area contributed by atoms with Crippen LogP contribution in [0.1, 0.15) is 16.7 Å². The number of amides is 1. The topological polar surface area (TPSA) is 66.4 Å². The number of hydrogen-bond acceptors (Lipinski definition) is 6. The Kier molecular flexibility index (Phi) is 8.86. The summed E-state index contributed by atoms with van der Waals surface area (Å²) in [5.41, 5.74) is 5.84. The third-order valence-electron chi connectivity index (χ3n) is 5.91. The van der Waals surface area contributed by atoms with Gasteiger partial charge in [0, 0.05) is 32.7 Å². The van der Waals surface area contributed by atoms with E-state index < -0.39 is 0 Å². The maximum Gasteiger partial charge on any atom is 0.254 e. The van der Waals surface area contributed by atoms with E-state index in [1.54, 1.807) is 13.3 Å². The Bertz CT molecular complexity index is 1100. The van der Waals surface area contributed by atoms with E-state index in [0.717, 1.165) is 43.9 Å². The fraction of sp³-hybridized carbons (Fsp3) is 0.286. The van der Waals surface area contributed by atoms with Crippen LogP contribution in [0.5, 0.6) is 11.5 Å². The van der Waals surface area contributed by atoms with Crippen LogP contribution in [0, 0.1) is 0 Å². The third kappa shape index (κ3) is 7.67. The van der Waals surface area contributed by atoms with Crippen molar-refractivity contribution in [3.05, 3.63) is 95.6 Å². The normalized spacial score (nSPS) is 14.7. The maximum atomic E-state index is 12.3. The van der Waals surface area contributed by atoms with E-state index >= 15 is 0 Å². The maximum absolute atomic E-state index is 12.3. The predicted octanol–water partition coefficient (Wildman–Crippen LogP) is 3.54. The van der Waals surface area contributed by atoms with Gasteiger partial charge in [0.25, 0.3) is 5.91 Å². The summed E-state index contributed by atoms with van der Waals surface area (Å²) in [5.74, 6) is 1.15. The highest BCUT2D eigenvalue weighted by Crippen LogP contribution is 2.28. The molecule has 1 aliphatic heterocycles. The molecular formula is C28H32N4O3. The first-order valence-electron chi connectivity index (χ1n) is 11.8. The van der Waals surface area contributed by atoms with Crippen molar-refractivity contribution < 1.29 is 14.3 Å². The Morgan fingerprint density at radius 1 is 0.886 bits per heavy atom. The summed E-state index contributed by atoms with van der Waals surface area (Å²) < 4.78 is 11.4. The number of carbonyl (C=O) groups is 1. The summed E-state index contributed by atoms with van der Waals surface area (Å²) in [6.45, 7) is 5.38. The van der Waals surface area contributed by atoms with E-state index in [2.05, 4.69) is 44.6 Å².